The number of sulfone groups is 1. The molecule has 0 aliphatic rings. The highest BCUT2D eigenvalue weighted by Gasteiger charge is 2.29. The van der Waals surface area contributed by atoms with Crippen molar-refractivity contribution in [2.45, 2.75) is 18.6 Å². The number of methoxy groups -OCH3 is 1. The minimum atomic E-state index is -3.19. The molecule has 3 N–H and O–H groups in total. The number of ether oxygens (including phenoxy) is 1. The molecule has 0 aliphatic heterocycles. The molecule has 0 unspecified atom stereocenters. The predicted octanol–water partition coefficient (Wildman–Crippen LogP) is 1.29. The van der Waals surface area contributed by atoms with Crippen molar-refractivity contribution in [3.8, 4) is 0 Å². The van der Waals surface area contributed by atoms with Crippen LogP contribution in [0.5, 0.6) is 0 Å². The molecule has 0 saturated carbocycles. The zero-order valence-corrected chi connectivity index (χ0v) is 12.9. The van der Waals surface area contributed by atoms with E-state index in [9.17, 15) is 13.2 Å². The van der Waals surface area contributed by atoms with Gasteiger partial charge in [0.25, 0.3) is 0 Å². The topological polar surface area (TPSA) is 98.5 Å². The van der Waals surface area contributed by atoms with Gasteiger partial charge in [-0.3, -0.25) is 0 Å². The van der Waals surface area contributed by atoms with Gasteiger partial charge in [-0.2, -0.15) is 0 Å². The van der Waals surface area contributed by atoms with Crippen molar-refractivity contribution < 1.29 is 17.9 Å². The van der Waals surface area contributed by atoms with Crippen LogP contribution < -0.4 is 11.1 Å². The van der Waals surface area contributed by atoms with Gasteiger partial charge in [-0.25, -0.2) is 13.2 Å². The summed E-state index contributed by atoms with van der Waals surface area (Å²) in [7, 11) is -1.90. The van der Waals surface area contributed by atoms with Gasteiger partial charge in [0.15, 0.2) is 9.84 Å². The number of hydrogen-bond acceptors (Lipinski definition) is 6. The van der Waals surface area contributed by atoms with Crippen LogP contribution in [0.25, 0.3) is 0 Å². The number of anilines is 2. The van der Waals surface area contributed by atoms with Crippen LogP contribution in [0.15, 0.2) is 18.2 Å². The molecule has 112 valence electrons. The van der Waals surface area contributed by atoms with Crippen LogP contribution in [0.1, 0.15) is 24.2 Å². The first-order valence-electron chi connectivity index (χ1n) is 6.00. The number of esters is 1. The summed E-state index contributed by atoms with van der Waals surface area (Å²) < 4.78 is 26.9. The Bertz CT molecular complexity index is 609. The molecule has 20 heavy (non-hydrogen) atoms. The van der Waals surface area contributed by atoms with E-state index in [0.717, 1.165) is 0 Å². The van der Waals surface area contributed by atoms with Gasteiger partial charge >= 0.3 is 5.97 Å². The third-order valence-electron chi connectivity index (χ3n) is 3.18. The maximum atomic E-state index is 11.6. The second-order valence-electron chi connectivity index (χ2n) is 5.18. The van der Waals surface area contributed by atoms with E-state index >= 15 is 0 Å². The molecule has 0 atom stereocenters. The van der Waals surface area contributed by atoms with E-state index in [1.807, 2.05) is 0 Å². The van der Waals surface area contributed by atoms with E-state index in [2.05, 4.69) is 10.1 Å². The Balaban J connectivity index is 2.88. The normalized spacial score (nSPS) is 12.0. The summed E-state index contributed by atoms with van der Waals surface area (Å²) in [6.45, 7) is 3.48. The van der Waals surface area contributed by atoms with Crippen LogP contribution in [0, 0.1) is 0 Å². The highest BCUT2D eigenvalue weighted by Crippen LogP contribution is 2.23. The molecule has 0 heterocycles. The van der Waals surface area contributed by atoms with Gasteiger partial charge in [-0.15, -0.1) is 0 Å². The van der Waals surface area contributed by atoms with E-state index < -0.39 is 20.6 Å². The first-order valence-corrected chi connectivity index (χ1v) is 7.89. The fourth-order valence-corrected chi connectivity index (χ4v) is 1.74. The fourth-order valence-electron chi connectivity index (χ4n) is 1.41. The number of rotatable bonds is 5. The van der Waals surface area contributed by atoms with Gasteiger partial charge in [-0.05, 0) is 32.0 Å². The van der Waals surface area contributed by atoms with Crippen molar-refractivity contribution in [3.05, 3.63) is 23.8 Å². The average molecular weight is 300 g/mol. The van der Waals surface area contributed by atoms with Gasteiger partial charge in [0.1, 0.15) is 0 Å². The third-order valence-corrected chi connectivity index (χ3v) is 5.33. The van der Waals surface area contributed by atoms with Crippen LogP contribution in [-0.2, 0) is 14.6 Å². The zero-order chi connectivity index (χ0) is 15.6. The summed E-state index contributed by atoms with van der Waals surface area (Å²) in [5.41, 5.74) is 7.11. The van der Waals surface area contributed by atoms with Crippen molar-refractivity contribution in [1.82, 2.24) is 0 Å². The van der Waals surface area contributed by atoms with Crippen molar-refractivity contribution >= 4 is 27.2 Å². The van der Waals surface area contributed by atoms with E-state index in [0.29, 0.717) is 16.9 Å². The number of nitrogens with two attached hydrogens (primary N) is 1. The first kappa shape index (κ1) is 16.3. The van der Waals surface area contributed by atoms with E-state index in [1.165, 1.54) is 19.4 Å². The number of carbonyl (C=O) groups excluding carboxylic acids is 1. The summed E-state index contributed by atoms with van der Waals surface area (Å²) >= 11 is 0. The van der Waals surface area contributed by atoms with Gasteiger partial charge in [0, 0.05) is 12.8 Å². The smallest absolute Gasteiger partial charge is 0.337 e. The van der Waals surface area contributed by atoms with Crippen molar-refractivity contribution in [1.29, 1.82) is 0 Å². The molecule has 1 aromatic carbocycles. The summed E-state index contributed by atoms with van der Waals surface area (Å²) in [6, 6.07) is 4.68. The Morgan fingerprint density at radius 3 is 2.45 bits per heavy atom. The van der Waals surface area contributed by atoms with E-state index in [-0.39, 0.29) is 6.54 Å². The Kier molecular flexibility index (Phi) is 4.65. The minimum Gasteiger partial charge on any atom is -0.465 e. The standard InChI is InChI=1S/C13H20N2O4S/c1-13(2,20(4,17)18)8-15-11-6-5-9(7-10(11)14)12(16)19-3/h5-7,15H,8,14H2,1-4H3. The first-order chi connectivity index (χ1) is 9.08. The molecule has 0 radical (unpaired) electrons. The van der Waals surface area contributed by atoms with Crippen LogP contribution in [0.2, 0.25) is 0 Å². The lowest BCUT2D eigenvalue weighted by Gasteiger charge is -2.24. The summed E-state index contributed by atoms with van der Waals surface area (Å²) in [4.78, 5) is 11.3. The quantitative estimate of drug-likeness (QED) is 0.628. The molecular weight excluding hydrogens is 280 g/mol. The number of nitrogen functional groups attached to an aromatic ring is 1. The predicted molar refractivity (Wildman–Crippen MR) is 79.6 cm³/mol. The van der Waals surface area contributed by atoms with Crippen LogP contribution >= 0.6 is 0 Å². The lowest BCUT2D eigenvalue weighted by atomic mass is 10.1. The molecule has 1 rings (SSSR count). The lowest BCUT2D eigenvalue weighted by molar-refractivity contribution is 0.0601. The Labute approximate surface area is 119 Å². The Morgan fingerprint density at radius 1 is 1.40 bits per heavy atom. The van der Waals surface area contributed by atoms with Crippen LogP contribution in [0.3, 0.4) is 0 Å². The second-order valence-corrected chi connectivity index (χ2v) is 7.83. The van der Waals surface area contributed by atoms with Crippen molar-refractivity contribution in [2.75, 3.05) is 31.0 Å². The molecule has 0 bridgehead atoms. The Morgan fingerprint density at radius 2 is 2.00 bits per heavy atom. The maximum Gasteiger partial charge on any atom is 0.337 e. The highest BCUT2D eigenvalue weighted by molar-refractivity contribution is 7.92. The van der Waals surface area contributed by atoms with E-state index in [4.69, 9.17) is 5.73 Å². The number of hydrogen-bond donors (Lipinski definition) is 2. The number of benzene rings is 1. The molecule has 0 fully saturated rings. The monoisotopic (exact) mass is 300 g/mol. The average Bonchev–Trinajstić information content (AvgIpc) is 2.35. The van der Waals surface area contributed by atoms with Crippen LogP contribution in [-0.4, -0.2) is 39.0 Å². The molecule has 6 nitrogen and oxygen atoms in total. The van der Waals surface area contributed by atoms with Crippen LogP contribution in [0.4, 0.5) is 11.4 Å². The second kappa shape index (κ2) is 5.70. The van der Waals surface area contributed by atoms with Gasteiger partial charge in [0.05, 0.1) is 28.8 Å². The molecule has 7 heteroatoms. The third kappa shape index (κ3) is 3.63. The van der Waals surface area contributed by atoms with Gasteiger partial charge in [-0.1, -0.05) is 0 Å². The van der Waals surface area contributed by atoms with Crippen molar-refractivity contribution in [2.24, 2.45) is 0 Å². The SMILES string of the molecule is COC(=O)c1ccc(NCC(C)(C)S(C)(=O)=O)c(N)c1. The molecule has 0 aliphatic carbocycles. The summed E-state index contributed by atoms with van der Waals surface area (Å²) in [5, 5.41) is 2.99. The largest absolute Gasteiger partial charge is 0.465 e. The van der Waals surface area contributed by atoms with Gasteiger partial charge in [0.2, 0.25) is 0 Å². The molecule has 0 spiro atoms. The molecule has 1 aromatic rings. The molecule has 0 saturated heterocycles. The maximum absolute atomic E-state index is 11.6. The van der Waals surface area contributed by atoms with E-state index in [1.54, 1.807) is 26.0 Å². The highest BCUT2D eigenvalue weighted by atomic mass is 32.2. The Hall–Kier alpha value is -1.76. The zero-order valence-electron chi connectivity index (χ0n) is 12.1. The number of nitrogens with one attached hydrogen (secondary N) is 1. The minimum absolute atomic E-state index is 0.216. The molecular formula is C13H20N2O4S. The van der Waals surface area contributed by atoms with Gasteiger partial charge < -0.3 is 15.8 Å². The fraction of sp³-hybridized carbons (Fsp3) is 0.462. The summed E-state index contributed by atoms with van der Waals surface area (Å²) in [5.74, 6) is -0.472. The lowest BCUT2D eigenvalue weighted by Crippen LogP contribution is -2.38. The summed E-state index contributed by atoms with van der Waals surface area (Å²) in [6.07, 6.45) is 1.19. The van der Waals surface area contributed by atoms with Crippen molar-refractivity contribution in [3.63, 3.8) is 0 Å². The number of carbonyl (C=O) groups is 1. The molecule has 0 aromatic heterocycles. The molecule has 0 amide bonds.